The fourth-order valence-corrected chi connectivity index (χ4v) is 4.24. The van der Waals surface area contributed by atoms with Gasteiger partial charge in [-0.3, -0.25) is 4.79 Å². The van der Waals surface area contributed by atoms with Gasteiger partial charge in [0, 0.05) is 16.7 Å². The number of fused-ring (bicyclic) bond motifs is 2. The molecule has 0 saturated heterocycles. The van der Waals surface area contributed by atoms with Crippen LogP contribution < -0.4 is 19.8 Å². The summed E-state index contributed by atoms with van der Waals surface area (Å²) < 4.78 is 23.6. The molecule has 0 aliphatic heterocycles. The van der Waals surface area contributed by atoms with Gasteiger partial charge in [-0.05, 0) is 43.3 Å². The summed E-state index contributed by atoms with van der Waals surface area (Å²) in [5.41, 5.74) is 0.833. The molecule has 0 saturated carbocycles. The predicted molar refractivity (Wildman–Crippen MR) is 146 cm³/mol. The summed E-state index contributed by atoms with van der Waals surface area (Å²) >= 11 is 6.27. The quantitative estimate of drug-likeness (QED) is 0.262. The molecule has 1 atom stereocenters. The fraction of sp³-hybridized carbons (Fsp3) is 0.143. The molecule has 2 aromatic heterocycles. The number of carboxylic acids is 1. The number of carbonyl (C=O) groups is 1. The highest BCUT2D eigenvalue weighted by molar-refractivity contribution is 6.31. The van der Waals surface area contributed by atoms with Crippen LogP contribution in [0.2, 0.25) is 5.02 Å². The number of hydrogen-bond donors (Lipinski definition) is 1. The Hall–Kier alpha value is -4.83. The molecule has 198 valence electrons. The van der Waals surface area contributed by atoms with Crippen LogP contribution >= 0.6 is 11.6 Å². The lowest BCUT2D eigenvalue weighted by molar-refractivity contribution is -0.144. The summed E-state index contributed by atoms with van der Waals surface area (Å²) in [6, 6.07) is 17.0. The maximum Gasteiger partial charge on any atom is 0.344 e. The minimum Gasteiger partial charge on any atom is -0.496 e. The molecule has 0 unspecified atom stereocenters. The van der Waals surface area contributed by atoms with Gasteiger partial charge < -0.3 is 23.7 Å². The van der Waals surface area contributed by atoms with Crippen molar-refractivity contribution in [2.24, 2.45) is 5.10 Å². The molecule has 0 fully saturated rings. The van der Waals surface area contributed by atoms with E-state index in [-0.39, 0.29) is 33.7 Å². The maximum atomic E-state index is 13.6. The van der Waals surface area contributed by atoms with Crippen molar-refractivity contribution >= 4 is 45.7 Å². The maximum absolute atomic E-state index is 13.6. The summed E-state index contributed by atoms with van der Waals surface area (Å²) in [5.74, 6) is 0.147. The van der Waals surface area contributed by atoms with Gasteiger partial charge in [0.1, 0.15) is 11.3 Å². The molecule has 0 spiro atoms. The van der Waals surface area contributed by atoms with Crippen LogP contribution in [0.5, 0.6) is 17.2 Å². The van der Waals surface area contributed by atoms with Crippen LogP contribution in [0.1, 0.15) is 12.5 Å². The summed E-state index contributed by atoms with van der Waals surface area (Å²) in [6.07, 6.45) is 0.126. The van der Waals surface area contributed by atoms with Gasteiger partial charge in [-0.25, -0.2) is 9.78 Å². The molecule has 0 bridgehead atoms. The van der Waals surface area contributed by atoms with E-state index in [0.29, 0.717) is 27.6 Å². The van der Waals surface area contributed by atoms with E-state index < -0.39 is 17.6 Å². The number of furan rings is 1. The molecule has 39 heavy (non-hydrogen) atoms. The predicted octanol–water partition coefficient (Wildman–Crippen LogP) is 5.21. The highest BCUT2D eigenvalue weighted by atomic mass is 35.5. The van der Waals surface area contributed by atoms with Crippen molar-refractivity contribution in [2.45, 2.75) is 13.0 Å². The minimum atomic E-state index is -1.20. The lowest BCUT2D eigenvalue weighted by Gasteiger charge is -2.16. The van der Waals surface area contributed by atoms with E-state index in [2.05, 4.69) is 10.1 Å². The van der Waals surface area contributed by atoms with Crippen LogP contribution in [0.4, 0.5) is 0 Å². The number of methoxy groups -OCH3 is 2. The molecule has 3 aromatic carbocycles. The third kappa shape index (κ3) is 4.89. The number of ether oxygens (including phenoxy) is 3. The van der Waals surface area contributed by atoms with Gasteiger partial charge >= 0.3 is 5.97 Å². The fourth-order valence-electron chi connectivity index (χ4n) is 4.02. The smallest absolute Gasteiger partial charge is 0.344 e. The van der Waals surface area contributed by atoms with Crippen molar-refractivity contribution in [1.29, 1.82) is 0 Å². The average Bonchev–Trinajstić information content (AvgIpc) is 3.37. The van der Waals surface area contributed by atoms with Crippen LogP contribution in [0.25, 0.3) is 33.5 Å². The van der Waals surface area contributed by atoms with Crippen molar-refractivity contribution < 1.29 is 28.5 Å². The molecule has 0 aliphatic rings. The van der Waals surface area contributed by atoms with Gasteiger partial charge in [0.25, 0.3) is 5.56 Å². The minimum absolute atomic E-state index is 0.0948. The SMILES string of the molecule is COc1cc(Cl)cc(C=Nn2c(-c3cc4c(OC)cccc4o3)nc3ccccc3c2=O)c1O[C@@H](C)C(=O)O. The van der Waals surface area contributed by atoms with E-state index in [1.165, 1.54) is 32.4 Å². The Morgan fingerprint density at radius 1 is 1.08 bits per heavy atom. The summed E-state index contributed by atoms with van der Waals surface area (Å²) in [4.78, 5) is 29.7. The first-order valence-electron chi connectivity index (χ1n) is 11.7. The molecule has 0 radical (unpaired) electrons. The van der Waals surface area contributed by atoms with E-state index in [4.69, 9.17) is 30.2 Å². The van der Waals surface area contributed by atoms with Gasteiger partial charge in [-0.2, -0.15) is 9.78 Å². The number of aromatic nitrogens is 2. The van der Waals surface area contributed by atoms with Crippen molar-refractivity contribution in [2.75, 3.05) is 14.2 Å². The number of benzene rings is 3. The Morgan fingerprint density at radius 3 is 2.59 bits per heavy atom. The number of halogens is 1. The second-order valence-corrected chi connectivity index (χ2v) is 8.86. The van der Waals surface area contributed by atoms with E-state index in [1.54, 1.807) is 55.6 Å². The van der Waals surface area contributed by atoms with Crippen LogP contribution in [0.3, 0.4) is 0 Å². The van der Waals surface area contributed by atoms with Gasteiger partial charge in [0.15, 0.2) is 23.4 Å². The lowest BCUT2D eigenvalue weighted by atomic mass is 10.2. The largest absolute Gasteiger partial charge is 0.496 e. The molecule has 1 N–H and O–H groups in total. The van der Waals surface area contributed by atoms with E-state index in [9.17, 15) is 14.7 Å². The molecule has 0 aliphatic carbocycles. The normalized spacial score (nSPS) is 12.2. The van der Waals surface area contributed by atoms with E-state index >= 15 is 0 Å². The average molecular weight is 548 g/mol. The Balaban J connectivity index is 1.72. The first-order chi connectivity index (χ1) is 18.8. The molecule has 5 rings (SSSR count). The lowest BCUT2D eigenvalue weighted by Crippen LogP contribution is -2.24. The third-order valence-electron chi connectivity index (χ3n) is 5.94. The van der Waals surface area contributed by atoms with Crippen LogP contribution in [0.15, 0.2) is 75.0 Å². The monoisotopic (exact) mass is 547 g/mol. The van der Waals surface area contributed by atoms with E-state index in [0.717, 1.165) is 4.68 Å². The molecular formula is C28H22ClN3O7. The Kier molecular flexibility index (Phi) is 6.95. The summed E-state index contributed by atoms with van der Waals surface area (Å²) in [7, 11) is 2.96. The number of aliphatic carboxylic acids is 1. The summed E-state index contributed by atoms with van der Waals surface area (Å²) in [5, 5.41) is 15.1. The zero-order valence-electron chi connectivity index (χ0n) is 21.0. The number of rotatable bonds is 8. The molecule has 10 nitrogen and oxygen atoms in total. The van der Waals surface area contributed by atoms with Gasteiger partial charge in [0.05, 0.1) is 36.7 Å². The van der Waals surface area contributed by atoms with Crippen LogP contribution in [0, 0.1) is 0 Å². The second kappa shape index (κ2) is 10.5. The van der Waals surface area contributed by atoms with Gasteiger partial charge in [0.2, 0.25) is 5.82 Å². The Morgan fingerprint density at radius 2 is 1.85 bits per heavy atom. The first kappa shape index (κ1) is 25.8. The number of hydrogen-bond acceptors (Lipinski definition) is 8. The van der Waals surface area contributed by atoms with Gasteiger partial charge in [-0.1, -0.05) is 29.8 Å². The molecule has 2 heterocycles. The van der Waals surface area contributed by atoms with E-state index in [1.807, 2.05) is 0 Å². The topological polar surface area (TPSA) is 125 Å². The van der Waals surface area contributed by atoms with Crippen LogP contribution in [-0.4, -0.2) is 47.3 Å². The van der Waals surface area contributed by atoms with Crippen molar-refractivity contribution in [3.63, 3.8) is 0 Å². The zero-order valence-corrected chi connectivity index (χ0v) is 21.8. The summed E-state index contributed by atoms with van der Waals surface area (Å²) in [6.45, 7) is 1.38. The highest BCUT2D eigenvalue weighted by Crippen LogP contribution is 2.35. The van der Waals surface area contributed by atoms with Crippen LogP contribution in [-0.2, 0) is 4.79 Å². The molecule has 11 heteroatoms. The van der Waals surface area contributed by atoms with Gasteiger partial charge in [-0.15, -0.1) is 0 Å². The zero-order chi connectivity index (χ0) is 27.7. The molecule has 5 aromatic rings. The Bertz CT molecular complexity index is 1810. The Labute approximate surface area is 226 Å². The number of nitrogens with zero attached hydrogens (tertiary/aromatic N) is 3. The molecular weight excluding hydrogens is 526 g/mol. The third-order valence-corrected chi connectivity index (χ3v) is 6.16. The standard InChI is InChI=1S/C28H22ClN3O7/c1-15(28(34)35)38-25-16(11-17(29)12-23(25)37-3)14-30-32-26(31-20-8-5-4-7-18(20)27(32)33)24-13-19-21(36-2)9-6-10-22(19)39-24/h4-15H,1-3H3,(H,34,35)/t15-/m0/s1. The van der Waals surface area contributed by atoms with Crippen molar-refractivity contribution in [3.05, 3.63) is 81.6 Å². The number of para-hydroxylation sites is 1. The second-order valence-electron chi connectivity index (χ2n) is 8.42. The highest BCUT2D eigenvalue weighted by Gasteiger charge is 2.21. The van der Waals surface area contributed by atoms with Crippen molar-refractivity contribution in [3.8, 4) is 28.8 Å². The van der Waals surface area contributed by atoms with Crippen molar-refractivity contribution in [1.82, 2.24) is 9.66 Å². The first-order valence-corrected chi connectivity index (χ1v) is 12.1. The molecule has 0 amide bonds. The number of carboxylic acid groups (broad SMARTS) is 1.